The highest BCUT2D eigenvalue weighted by Crippen LogP contribution is 2.12. The summed E-state index contributed by atoms with van der Waals surface area (Å²) in [5, 5.41) is 2.89. The van der Waals surface area contributed by atoms with Crippen molar-refractivity contribution < 1.29 is 4.79 Å². The van der Waals surface area contributed by atoms with E-state index in [2.05, 4.69) is 10.2 Å². The summed E-state index contributed by atoms with van der Waals surface area (Å²) in [5.74, 6) is 2.36. The lowest BCUT2D eigenvalue weighted by molar-refractivity contribution is -0.116. The summed E-state index contributed by atoms with van der Waals surface area (Å²) in [5.41, 5.74) is 7.09. The van der Waals surface area contributed by atoms with Crippen LogP contribution in [0.2, 0.25) is 0 Å². The molecule has 0 aliphatic carbocycles. The minimum absolute atomic E-state index is 0.0308. The van der Waals surface area contributed by atoms with Crippen LogP contribution in [0.4, 0.5) is 5.69 Å². The fourth-order valence-corrected chi connectivity index (χ4v) is 3.16. The van der Waals surface area contributed by atoms with Crippen LogP contribution in [-0.4, -0.2) is 46.9 Å². The number of anilines is 1. The van der Waals surface area contributed by atoms with Gasteiger partial charge in [0.2, 0.25) is 5.91 Å². The molecular formula is C14H19N3OS2. The first kappa shape index (κ1) is 15.3. The van der Waals surface area contributed by atoms with Crippen molar-refractivity contribution in [1.29, 1.82) is 0 Å². The minimum Gasteiger partial charge on any atom is -0.389 e. The number of amides is 1. The fraction of sp³-hybridized carbons (Fsp3) is 0.429. The van der Waals surface area contributed by atoms with Gasteiger partial charge in [-0.25, -0.2) is 0 Å². The summed E-state index contributed by atoms with van der Waals surface area (Å²) >= 11 is 6.90. The summed E-state index contributed by atoms with van der Waals surface area (Å²) in [6.07, 6.45) is 0.516. The van der Waals surface area contributed by atoms with Gasteiger partial charge in [-0.3, -0.25) is 4.79 Å². The molecule has 1 aliphatic rings. The van der Waals surface area contributed by atoms with Crippen LogP contribution in [0.25, 0.3) is 0 Å². The van der Waals surface area contributed by atoms with Gasteiger partial charge in [0.25, 0.3) is 0 Å². The number of thioether (sulfide) groups is 1. The van der Waals surface area contributed by atoms with Crippen molar-refractivity contribution in [3.63, 3.8) is 0 Å². The van der Waals surface area contributed by atoms with Crippen LogP contribution < -0.4 is 11.1 Å². The molecule has 6 heteroatoms. The van der Waals surface area contributed by atoms with Crippen LogP contribution in [0.15, 0.2) is 24.3 Å². The van der Waals surface area contributed by atoms with Gasteiger partial charge in [-0.1, -0.05) is 24.4 Å². The molecule has 0 saturated carbocycles. The van der Waals surface area contributed by atoms with Gasteiger partial charge in [0.15, 0.2) is 0 Å². The molecule has 0 aromatic heterocycles. The molecule has 4 nitrogen and oxygen atoms in total. The molecule has 0 atom stereocenters. The molecule has 1 amide bonds. The van der Waals surface area contributed by atoms with Gasteiger partial charge in [0.05, 0.1) is 0 Å². The lowest BCUT2D eigenvalue weighted by Crippen LogP contribution is -2.34. The molecular weight excluding hydrogens is 290 g/mol. The van der Waals surface area contributed by atoms with Crippen molar-refractivity contribution in [1.82, 2.24) is 4.90 Å². The van der Waals surface area contributed by atoms with E-state index in [0.717, 1.165) is 42.4 Å². The number of hydrogen-bond acceptors (Lipinski definition) is 4. The topological polar surface area (TPSA) is 58.4 Å². The van der Waals surface area contributed by atoms with Gasteiger partial charge in [0.1, 0.15) is 4.99 Å². The van der Waals surface area contributed by atoms with E-state index in [0.29, 0.717) is 11.4 Å². The molecule has 0 spiro atoms. The van der Waals surface area contributed by atoms with Gasteiger partial charge >= 0.3 is 0 Å². The zero-order valence-corrected chi connectivity index (χ0v) is 12.9. The molecule has 0 bridgehead atoms. The number of benzene rings is 1. The van der Waals surface area contributed by atoms with E-state index in [-0.39, 0.29) is 5.91 Å². The molecule has 0 unspecified atom stereocenters. The number of carbonyl (C=O) groups excluding carboxylic acids is 1. The number of nitrogens with one attached hydrogen (secondary N) is 1. The number of thiocarbonyl (C=S) groups is 1. The number of carbonyl (C=O) groups is 1. The maximum absolute atomic E-state index is 11.9. The Morgan fingerprint density at radius 3 is 2.85 bits per heavy atom. The van der Waals surface area contributed by atoms with Gasteiger partial charge in [-0.05, 0) is 12.1 Å². The fourth-order valence-electron chi connectivity index (χ4n) is 2.06. The quantitative estimate of drug-likeness (QED) is 0.811. The lowest BCUT2D eigenvalue weighted by atomic mass is 10.2. The third-order valence-electron chi connectivity index (χ3n) is 3.19. The van der Waals surface area contributed by atoms with E-state index < -0.39 is 0 Å². The predicted molar refractivity (Wildman–Crippen MR) is 89.3 cm³/mol. The molecule has 0 radical (unpaired) electrons. The number of nitrogens with two attached hydrogens (primary N) is 1. The van der Waals surface area contributed by atoms with E-state index in [9.17, 15) is 4.79 Å². The Kier molecular flexibility index (Phi) is 5.82. The Morgan fingerprint density at radius 2 is 2.15 bits per heavy atom. The summed E-state index contributed by atoms with van der Waals surface area (Å²) in [7, 11) is 0. The summed E-state index contributed by atoms with van der Waals surface area (Å²) in [6.45, 7) is 2.98. The van der Waals surface area contributed by atoms with Gasteiger partial charge in [-0.15, -0.1) is 0 Å². The predicted octanol–water partition coefficient (Wildman–Crippen LogP) is 1.70. The van der Waals surface area contributed by atoms with Crippen LogP contribution in [0, 0.1) is 0 Å². The molecule has 1 aromatic rings. The van der Waals surface area contributed by atoms with Crippen molar-refractivity contribution in [2.45, 2.75) is 6.42 Å². The van der Waals surface area contributed by atoms with E-state index in [1.54, 1.807) is 6.07 Å². The average Bonchev–Trinajstić information content (AvgIpc) is 2.46. The van der Waals surface area contributed by atoms with Crippen LogP contribution in [0.3, 0.4) is 0 Å². The van der Waals surface area contributed by atoms with Crippen LogP contribution in [-0.2, 0) is 4.79 Å². The zero-order chi connectivity index (χ0) is 14.4. The number of rotatable bonds is 5. The summed E-state index contributed by atoms with van der Waals surface area (Å²) in [6, 6.07) is 7.32. The number of nitrogens with zero attached hydrogens (tertiary/aromatic N) is 1. The maximum Gasteiger partial charge on any atom is 0.225 e. The molecule has 108 valence electrons. The van der Waals surface area contributed by atoms with E-state index in [4.69, 9.17) is 18.0 Å². The van der Waals surface area contributed by atoms with E-state index in [1.807, 2.05) is 30.0 Å². The molecule has 1 saturated heterocycles. The lowest BCUT2D eigenvalue weighted by Gasteiger charge is -2.25. The van der Waals surface area contributed by atoms with Gasteiger partial charge in [-0.2, -0.15) is 11.8 Å². The Bertz CT molecular complexity index is 487. The Hall–Kier alpha value is -1.11. The minimum atomic E-state index is 0.0308. The molecule has 1 heterocycles. The standard InChI is InChI=1S/C14H19N3OS2/c15-14(19)11-2-1-3-12(10-11)16-13(18)4-5-17-6-8-20-9-7-17/h1-3,10H,4-9H2,(H2,15,19)(H,16,18). The van der Waals surface area contributed by atoms with Gasteiger partial charge < -0.3 is 16.0 Å². The van der Waals surface area contributed by atoms with Crippen molar-refractivity contribution in [2.75, 3.05) is 36.5 Å². The average molecular weight is 309 g/mol. The highest BCUT2D eigenvalue weighted by atomic mass is 32.2. The van der Waals surface area contributed by atoms with Crippen LogP contribution in [0.1, 0.15) is 12.0 Å². The first-order valence-electron chi connectivity index (χ1n) is 6.65. The zero-order valence-electron chi connectivity index (χ0n) is 11.3. The Balaban J connectivity index is 1.81. The van der Waals surface area contributed by atoms with Crippen LogP contribution >= 0.6 is 24.0 Å². The third kappa shape index (κ3) is 4.77. The Morgan fingerprint density at radius 1 is 1.40 bits per heavy atom. The van der Waals surface area contributed by atoms with E-state index in [1.165, 1.54) is 0 Å². The second kappa shape index (κ2) is 7.61. The van der Waals surface area contributed by atoms with Crippen molar-refractivity contribution in [3.8, 4) is 0 Å². The first-order chi connectivity index (χ1) is 9.65. The maximum atomic E-state index is 11.9. The van der Waals surface area contributed by atoms with E-state index >= 15 is 0 Å². The van der Waals surface area contributed by atoms with Crippen LogP contribution in [0.5, 0.6) is 0 Å². The first-order valence-corrected chi connectivity index (χ1v) is 8.21. The molecule has 20 heavy (non-hydrogen) atoms. The third-order valence-corrected chi connectivity index (χ3v) is 4.37. The largest absolute Gasteiger partial charge is 0.389 e. The monoisotopic (exact) mass is 309 g/mol. The Labute approximate surface area is 129 Å². The summed E-state index contributed by atoms with van der Waals surface area (Å²) < 4.78 is 0. The highest BCUT2D eigenvalue weighted by molar-refractivity contribution is 7.99. The molecule has 2 rings (SSSR count). The van der Waals surface area contributed by atoms with Gasteiger partial charge in [0, 0.05) is 48.8 Å². The van der Waals surface area contributed by atoms with Crippen molar-refractivity contribution >= 4 is 40.6 Å². The second-order valence-corrected chi connectivity index (χ2v) is 6.36. The molecule has 3 N–H and O–H groups in total. The SMILES string of the molecule is NC(=S)c1cccc(NC(=O)CCN2CCSCC2)c1. The van der Waals surface area contributed by atoms with Crippen molar-refractivity contribution in [2.24, 2.45) is 5.73 Å². The summed E-state index contributed by atoms with van der Waals surface area (Å²) in [4.78, 5) is 14.6. The molecule has 1 aromatic carbocycles. The smallest absolute Gasteiger partial charge is 0.225 e. The molecule has 1 fully saturated rings. The highest BCUT2D eigenvalue weighted by Gasteiger charge is 2.12. The second-order valence-electron chi connectivity index (χ2n) is 4.70. The number of hydrogen-bond donors (Lipinski definition) is 2. The normalized spacial score (nSPS) is 15.8. The molecule has 1 aliphatic heterocycles. The van der Waals surface area contributed by atoms with Crippen molar-refractivity contribution in [3.05, 3.63) is 29.8 Å².